The van der Waals surface area contributed by atoms with E-state index in [9.17, 15) is 14.9 Å². The van der Waals surface area contributed by atoms with Crippen molar-refractivity contribution < 1.29 is 9.72 Å². The molecule has 10 nitrogen and oxygen atoms in total. The number of hydrogen-bond donors (Lipinski definition) is 1. The second-order valence-electron chi connectivity index (χ2n) is 7.66. The van der Waals surface area contributed by atoms with Crippen LogP contribution in [0.15, 0.2) is 42.7 Å². The number of nitrogens with zero attached hydrogens (tertiary/aromatic N) is 6. The molecule has 1 atom stereocenters. The number of nitrogens with one attached hydrogen (secondary N) is 1. The summed E-state index contributed by atoms with van der Waals surface area (Å²) in [7, 11) is 0. The number of piperidine rings is 1. The van der Waals surface area contributed by atoms with Gasteiger partial charge >= 0.3 is 0 Å². The number of aromatic nitrogens is 4. The summed E-state index contributed by atoms with van der Waals surface area (Å²) in [5.74, 6) is 1.02. The van der Waals surface area contributed by atoms with Crippen LogP contribution in [0.5, 0.6) is 0 Å². The SMILES string of the molecule is Cc1cc(C)n(-c2cc(N3CCCC(C(=O)Nc4cccc([N+](=O)[O-])c4)C3)ncn2)n1. The van der Waals surface area contributed by atoms with Crippen LogP contribution in [0, 0.1) is 29.9 Å². The molecule has 1 amide bonds. The van der Waals surface area contributed by atoms with E-state index in [-0.39, 0.29) is 17.5 Å². The molecule has 0 bridgehead atoms. The van der Waals surface area contributed by atoms with Crippen LogP contribution < -0.4 is 10.2 Å². The summed E-state index contributed by atoms with van der Waals surface area (Å²) < 4.78 is 1.77. The van der Waals surface area contributed by atoms with Crippen LogP contribution in [-0.4, -0.2) is 43.7 Å². The van der Waals surface area contributed by atoms with Gasteiger partial charge in [-0.1, -0.05) is 6.07 Å². The molecule has 2 aromatic heterocycles. The summed E-state index contributed by atoms with van der Waals surface area (Å²) in [6, 6.07) is 9.83. The number of carbonyl (C=O) groups excluding carboxylic acids is 1. The van der Waals surface area contributed by atoms with Gasteiger partial charge in [0.25, 0.3) is 5.69 Å². The van der Waals surface area contributed by atoms with E-state index in [1.807, 2.05) is 26.0 Å². The molecule has 1 aliphatic heterocycles. The predicted octanol–water partition coefficient (Wildman–Crippen LogP) is 3.04. The van der Waals surface area contributed by atoms with E-state index in [4.69, 9.17) is 0 Å². The third-order valence-electron chi connectivity index (χ3n) is 5.31. The smallest absolute Gasteiger partial charge is 0.271 e. The average molecular weight is 421 g/mol. The van der Waals surface area contributed by atoms with Gasteiger partial charge in [0.2, 0.25) is 5.91 Å². The number of benzene rings is 1. The first-order valence-corrected chi connectivity index (χ1v) is 10.1. The molecule has 1 saturated heterocycles. The Labute approximate surface area is 179 Å². The van der Waals surface area contributed by atoms with Crippen LogP contribution in [0.2, 0.25) is 0 Å². The number of hydrogen-bond acceptors (Lipinski definition) is 7. The average Bonchev–Trinajstić information content (AvgIpc) is 3.12. The van der Waals surface area contributed by atoms with Crippen LogP contribution in [0.1, 0.15) is 24.2 Å². The van der Waals surface area contributed by atoms with E-state index in [0.717, 1.165) is 36.6 Å². The molecule has 1 aromatic carbocycles. The van der Waals surface area contributed by atoms with Crippen LogP contribution in [0.4, 0.5) is 17.2 Å². The van der Waals surface area contributed by atoms with Gasteiger partial charge in [-0.3, -0.25) is 14.9 Å². The van der Waals surface area contributed by atoms with Crippen molar-refractivity contribution in [1.29, 1.82) is 0 Å². The van der Waals surface area contributed by atoms with Crippen LogP contribution in [-0.2, 0) is 4.79 Å². The van der Waals surface area contributed by atoms with Gasteiger partial charge in [0, 0.05) is 42.7 Å². The summed E-state index contributed by atoms with van der Waals surface area (Å²) in [5.41, 5.74) is 2.26. The van der Waals surface area contributed by atoms with Gasteiger partial charge in [-0.2, -0.15) is 5.10 Å². The maximum absolute atomic E-state index is 12.8. The minimum Gasteiger partial charge on any atom is -0.356 e. The van der Waals surface area contributed by atoms with Gasteiger partial charge in [-0.25, -0.2) is 14.6 Å². The lowest BCUT2D eigenvalue weighted by molar-refractivity contribution is -0.384. The normalized spacial score (nSPS) is 16.2. The lowest BCUT2D eigenvalue weighted by atomic mass is 9.97. The third kappa shape index (κ3) is 4.52. The Morgan fingerprint density at radius 1 is 1.19 bits per heavy atom. The maximum atomic E-state index is 12.8. The van der Waals surface area contributed by atoms with Gasteiger partial charge in [0.1, 0.15) is 12.1 Å². The molecule has 10 heteroatoms. The molecule has 1 aliphatic rings. The van der Waals surface area contributed by atoms with Crippen molar-refractivity contribution in [2.24, 2.45) is 5.92 Å². The van der Waals surface area contributed by atoms with E-state index < -0.39 is 4.92 Å². The molecular formula is C21H23N7O3. The highest BCUT2D eigenvalue weighted by Gasteiger charge is 2.27. The van der Waals surface area contributed by atoms with Crippen molar-refractivity contribution in [3.05, 3.63) is 64.2 Å². The molecule has 31 heavy (non-hydrogen) atoms. The number of anilines is 2. The molecule has 4 rings (SSSR count). The summed E-state index contributed by atoms with van der Waals surface area (Å²) in [6.07, 6.45) is 3.09. The topological polar surface area (TPSA) is 119 Å². The zero-order chi connectivity index (χ0) is 22.0. The van der Waals surface area contributed by atoms with Crippen molar-refractivity contribution in [3.63, 3.8) is 0 Å². The van der Waals surface area contributed by atoms with Gasteiger partial charge in [-0.05, 0) is 38.8 Å². The molecule has 0 radical (unpaired) electrons. The number of amides is 1. The zero-order valence-corrected chi connectivity index (χ0v) is 17.4. The second kappa shape index (κ2) is 8.50. The lowest BCUT2D eigenvalue weighted by Crippen LogP contribution is -2.41. The van der Waals surface area contributed by atoms with Crippen LogP contribution in [0.25, 0.3) is 5.82 Å². The Kier molecular flexibility index (Phi) is 5.61. The maximum Gasteiger partial charge on any atom is 0.271 e. The quantitative estimate of drug-likeness (QED) is 0.497. The standard InChI is InChI=1S/C21H23N7O3/c1-14-9-15(2)27(25-14)20-11-19(22-13-23-20)26-8-4-5-16(12-26)21(29)24-17-6-3-7-18(10-17)28(30)31/h3,6-7,9-11,13,16H,4-5,8,12H2,1-2H3,(H,24,29). The predicted molar refractivity (Wildman–Crippen MR) is 115 cm³/mol. The highest BCUT2D eigenvalue weighted by molar-refractivity contribution is 5.93. The highest BCUT2D eigenvalue weighted by Crippen LogP contribution is 2.25. The molecule has 1 fully saturated rings. The molecule has 3 heterocycles. The van der Waals surface area contributed by atoms with Crippen LogP contribution in [0.3, 0.4) is 0 Å². The summed E-state index contributed by atoms with van der Waals surface area (Å²) in [6.45, 7) is 5.19. The first-order chi connectivity index (χ1) is 14.9. The molecule has 160 valence electrons. The van der Waals surface area contributed by atoms with Gasteiger partial charge in [-0.15, -0.1) is 0 Å². The van der Waals surface area contributed by atoms with Crippen LogP contribution >= 0.6 is 0 Å². The Morgan fingerprint density at radius 2 is 2.00 bits per heavy atom. The third-order valence-corrected chi connectivity index (χ3v) is 5.31. The first-order valence-electron chi connectivity index (χ1n) is 10.1. The van der Waals surface area contributed by atoms with Gasteiger partial charge in [0.05, 0.1) is 16.5 Å². The Hall–Kier alpha value is -3.82. The Balaban J connectivity index is 1.48. The fourth-order valence-electron chi connectivity index (χ4n) is 3.83. The summed E-state index contributed by atoms with van der Waals surface area (Å²) in [5, 5.41) is 18.2. The number of rotatable bonds is 5. The number of carbonyl (C=O) groups is 1. The minimum atomic E-state index is -0.479. The van der Waals surface area contributed by atoms with Crippen molar-refractivity contribution in [1.82, 2.24) is 19.7 Å². The van der Waals surface area contributed by atoms with Gasteiger partial charge < -0.3 is 10.2 Å². The lowest BCUT2D eigenvalue weighted by Gasteiger charge is -2.32. The second-order valence-corrected chi connectivity index (χ2v) is 7.66. The molecule has 0 aliphatic carbocycles. The minimum absolute atomic E-state index is 0.0549. The fraction of sp³-hybridized carbons (Fsp3) is 0.333. The van der Waals surface area contributed by atoms with Crippen molar-refractivity contribution >= 4 is 23.1 Å². The number of nitro benzene ring substituents is 1. The van der Waals surface area contributed by atoms with Crippen molar-refractivity contribution in [2.45, 2.75) is 26.7 Å². The number of nitro groups is 1. The number of non-ortho nitro benzene ring substituents is 1. The molecule has 1 N–H and O–H groups in total. The Bertz CT molecular complexity index is 1130. The summed E-state index contributed by atoms with van der Waals surface area (Å²) >= 11 is 0. The summed E-state index contributed by atoms with van der Waals surface area (Å²) in [4.78, 5) is 34.1. The largest absolute Gasteiger partial charge is 0.356 e. The fourth-order valence-corrected chi connectivity index (χ4v) is 3.83. The number of aryl methyl sites for hydroxylation is 2. The van der Waals surface area contributed by atoms with E-state index in [1.165, 1.54) is 18.5 Å². The zero-order valence-electron chi connectivity index (χ0n) is 17.4. The Morgan fingerprint density at radius 3 is 2.74 bits per heavy atom. The molecule has 1 unspecified atom stereocenters. The van der Waals surface area contributed by atoms with Crippen molar-refractivity contribution in [3.8, 4) is 5.82 Å². The van der Waals surface area contributed by atoms with E-state index in [2.05, 4.69) is 25.3 Å². The molecular weight excluding hydrogens is 398 g/mol. The highest BCUT2D eigenvalue weighted by atomic mass is 16.6. The molecule has 0 spiro atoms. The van der Waals surface area contributed by atoms with E-state index in [0.29, 0.717) is 18.1 Å². The van der Waals surface area contributed by atoms with Crippen molar-refractivity contribution in [2.75, 3.05) is 23.3 Å². The molecule has 0 saturated carbocycles. The first kappa shape index (κ1) is 20.5. The molecule has 3 aromatic rings. The van der Waals surface area contributed by atoms with E-state index >= 15 is 0 Å². The van der Waals surface area contributed by atoms with Gasteiger partial charge in [0.15, 0.2) is 5.82 Å². The van der Waals surface area contributed by atoms with E-state index in [1.54, 1.807) is 16.8 Å². The monoisotopic (exact) mass is 421 g/mol.